The first-order valence-electron chi connectivity index (χ1n) is 7.51. The fraction of sp³-hybridized carbons (Fsp3) is 0.929. The van der Waals surface area contributed by atoms with Gasteiger partial charge >= 0.3 is 5.97 Å². The van der Waals surface area contributed by atoms with Crippen molar-refractivity contribution in [2.75, 3.05) is 6.61 Å². The van der Waals surface area contributed by atoms with Crippen LogP contribution in [0.1, 0.15) is 58.3 Å². The fourth-order valence-electron chi connectivity index (χ4n) is 2.55. The summed E-state index contributed by atoms with van der Waals surface area (Å²) in [4.78, 5) is 11.4. The fourth-order valence-corrected chi connectivity index (χ4v) is 7.15. The van der Waals surface area contributed by atoms with Gasteiger partial charge in [0.15, 0.2) is 7.38 Å². The summed E-state index contributed by atoms with van der Waals surface area (Å²) in [5, 5.41) is 0. The summed E-state index contributed by atoms with van der Waals surface area (Å²) in [5.74, 6) is -0.0302. The van der Waals surface area contributed by atoms with Gasteiger partial charge in [0.1, 0.15) is 0 Å². The summed E-state index contributed by atoms with van der Waals surface area (Å²) < 4.78 is 5.14. The number of ether oxygens (including phenoxy) is 1. The van der Waals surface area contributed by atoms with Gasteiger partial charge < -0.3 is 4.74 Å². The maximum Gasteiger partial charge on any atom is 0.305 e. The van der Waals surface area contributed by atoms with Crippen molar-refractivity contribution < 1.29 is 9.53 Å². The third-order valence-corrected chi connectivity index (χ3v) is 9.22. The molecule has 0 saturated carbocycles. The molecule has 2 nitrogen and oxygen atoms in total. The molecule has 0 amide bonds. The van der Waals surface area contributed by atoms with Crippen LogP contribution >= 0.6 is 11.1 Å². The maximum absolute atomic E-state index is 11.4. The Kier molecular flexibility index (Phi) is 7.99. The summed E-state index contributed by atoms with van der Waals surface area (Å²) in [5.41, 5.74) is 0. The zero-order valence-electron chi connectivity index (χ0n) is 11.7. The largest absolute Gasteiger partial charge is 0.466 e. The maximum atomic E-state index is 11.4. The predicted octanol–water partition coefficient (Wildman–Crippen LogP) is 4.87. The highest BCUT2D eigenvalue weighted by molar-refractivity contribution is 7.20. The van der Waals surface area contributed by atoms with Gasteiger partial charge in [-0.1, -0.05) is 39.0 Å². The van der Waals surface area contributed by atoms with Gasteiger partial charge in [0.05, 0.1) is 6.61 Å². The van der Waals surface area contributed by atoms with Gasteiger partial charge in [-0.05, 0) is 31.0 Å². The Morgan fingerprint density at radius 3 is 2.56 bits per heavy atom. The highest BCUT2D eigenvalue weighted by Gasteiger charge is 2.31. The van der Waals surface area contributed by atoms with Gasteiger partial charge in [-0.15, -0.1) is 0 Å². The number of esters is 1. The van der Waals surface area contributed by atoms with E-state index in [0.29, 0.717) is 13.0 Å². The quantitative estimate of drug-likeness (QED) is 0.276. The zero-order valence-corrected chi connectivity index (χ0v) is 13.4. The molecule has 0 unspecified atom stereocenters. The predicted molar refractivity (Wildman–Crippen MR) is 79.6 cm³/mol. The number of hydrogen-bond acceptors (Lipinski definition) is 2. The van der Waals surface area contributed by atoms with Crippen LogP contribution in [0.5, 0.6) is 0 Å². The molecule has 1 rings (SSSR count). The monoisotopic (exact) mass is 290 g/mol. The molecule has 0 aromatic heterocycles. The Balaban J connectivity index is 2.01. The molecule has 0 aromatic carbocycles. The molecular weight excluding hydrogens is 264 g/mol. The molecule has 1 fully saturated rings. The van der Waals surface area contributed by atoms with Crippen LogP contribution in [0.4, 0.5) is 0 Å². The van der Waals surface area contributed by atoms with Crippen molar-refractivity contribution in [3.63, 3.8) is 0 Å². The van der Waals surface area contributed by atoms with Crippen molar-refractivity contribution in [1.29, 1.82) is 0 Å². The first kappa shape index (κ1) is 16.0. The second-order valence-corrected chi connectivity index (χ2v) is 11.7. The van der Waals surface area contributed by atoms with E-state index in [2.05, 4.69) is 6.92 Å². The number of hydrogen-bond donors (Lipinski definition) is 0. The highest BCUT2D eigenvalue weighted by atomic mass is 35.6. The van der Waals surface area contributed by atoms with Crippen LogP contribution in [-0.4, -0.2) is 20.0 Å². The van der Waals surface area contributed by atoms with E-state index in [4.69, 9.17) is 15.8 Å². The molecule has 0 aromatic rings. The lowest BCUT2D eigenvalue weighted by atomic mass is 10.2. The molecule has 106 valence electrons. The Morgan fingerprint density at radius 2 is 1.89 bits per heavy atom. The van der Waals surface area contributed by atoms with Gasteiger partial charge in [-0.3, -0.25) is 4.79 Å². The van der Waals surface area contributed by atoms with E-state index in [9.17, 15) is 4.79 Å². The number of halogens is 1. The minimum absolute atomic E-state index is 0.0302. The molecule has 0 aliphatic carbocycles. The van der Waals surface area contributed by atoms with Crippen LogP contribution < -0.4 is 0 Å². The minimum Gasteiger partial charge on any atom is -0.466 e. The summed E-state index contributed by atoms with van der Waals surface area (Å²) >= 11 is 6.72. The standard InChI is InChI=1S/C14H27ClO2Si/c1-2-3-10-17-14(16)9-5-8-13-18(15)11-6-4-7-12-18/h2-13H2,1H3. The SMILES string of the molecule is CCCCOC(=O)CCCC[Si]1(Cl)CCCCC1. The van der Waals surface area contributed by atoms with Crippen molar-refractivity contribution in [2.45, 2.75) is 76.4 Å². The number of carbonyl (C=O) groups is 1. The van der Waals surface area contributed by atoms with Crippen LogP contribution in [0.2, 0.25) is 18.1 Å². The third-order valence-electron chi connectivity index (χ3n) is 3.77. The van der Waals surface area contributed by atoms with Crippen LogP contribution in [0, 0.1) is 0 Å². The minimum atomic E-state index is -1.42. The number of rotatable bonds is 8. The van der Waals surface area contributed by atoms with Crippen LogP contribution in [-0.2, 0) is 9.53 Å². The summed E-state index contributed by atoms with van der Waals surface area (Å²) in [7, 11) is -1.42. The van der Waals surface area contributed by atoms with E-state index >= 15 is 0 Å². The smallest absolute Gasteiger partial charge is 0.305 e. The molecule has 4 heteroatoms. The van der Waals surface area contributed by atoms with E-state index < -0.39 is 7.38 Å². The van der Waals surface area contributed by atoms with Crippen LogP contribution in [0.3, 0.4) is 0 Å². The average Bonchev–Trinajstić information content (AvgIpc) is 2.36. The van der Waals surface area contributed by atoms with Crippen molar-refractivity contribution in [3.8, 4) is 0 Å². The van der Waals surface area contributed by atoms with Crippen LogP contribution in [0.25, 0.3) is 0 Å². The molecule has 1 aliphatic heterocycles. The van der Waals surface area contributed by atoms with E-state index in [1.165, 1.54) is 37.4 Å². The topological polar surface area (TPSA) is 26.3 Å². The van der Waals surface area contributed by atoms with Crippen molar-refractivity contribution in [3.05, 3.63) is 0 Å². The van der Waals surface area contributed by atoms with E-state index in [-0.39, 0.29) is 5.97 Å². The highest BCUT2D eigenvalue weighted by Crippen LogP contribution is 2.36. The van der Waals surface area contributed by atoms with Gasteiger partial charge in [0.25, 0.3) is 0 Å². The first-order valence-corrected chi connectivity index (χ1v) is 11.1. The molecule has 1 heterocycles. The second-order valence-electron chi connectivity index (χ2n) is 5.49. The molecule has 0 radical (unpaired) electrons. The molecule has 1 saturated heterocycles. The molecule has 0 atom stereocenters. The Bertz CT molecular complexity index is 240. The van der Waals surface area contributed by atoms with Gasteiger partial charge in [0.2, 0.25) is 0 Å². The lowest BCUT2D eigenvalue weighted by Crippen LogP contribution is -2.29. The van der Waals surface area contributed by atoms with E-state index in [1.54, 1.807) is 0 Å². The summed E-state index contributed by atoms with van der Waals surface area (Å²) in [6.07, 6.45) is 8.71. The van der Waals surface area contributed by atoms with Gasteiger partial charge in [-0.2, -0.15) is 11.1 Å². The molecule has 0 bridgehead atoms. The first-order chi connectivity index (χ1) is 8.66. The van der Waals surface area contributed by atoms with E-state index in [0.717, 1.165) is 25.7 Å². The Hall–Kier alpha value is -0.0231. The molecule has 1 aliphatic rings. The van der Waals surface area contributed by atoms with Crippen molar-refractivity contribution in [1.82, 2.24) is 0 Å². The lowest BCUT2D eigenvalue weighted by molar-refractivity contribution is -0.143. The van der Waals surface area contributed by atoms with E-state index in [1.807, 2.05) is 0 Å². The zero-order chi connectivity index (χ0) is 13.3. The number of carbonyl (C=O) groups excluding carboxylic acids is 1. The van der Waals surface area contributed by atoms with Crippen molar-refractivity contribution >= 4 is 24.4 Å². The number of unbranched alkanes of at least 4 members (excludes halogenated alkanes) is 2. The lowest BCUT2D eigenvalue weighted by Gasteiger charge is -2.28. The Morgan fingerprint density at radius 1 is 1.17 bits per heavy atom. The van der Waals surface area contributed by atoms with Gasteiger partial charge in [0, 0.05) is 6.42 Å². The normalized spacial score (nSPS) is 18.6. The van der Waals surface area contributed by atoms with Gasteiger partial charge in [-0.25, -0.2) is 0 Å². The molecule has 0 N–H and O–H groups in total. The molecule has 18 heavy (non-hydrogen) atoms. The van der Waals surface area contributed by atoms with Crippen LogP contribution in [0.15, 0.2) is 0 Å². The summed E-state index contributed by atoms with van der Waals surface area (Å²) in [6.45, 7) is 2.69. The third kappa shape index (κ3) is 6.79. The molecule has 0 spiro atoms. The Labute approximate surface area is 117 Å². The average molecular weight is 291 g/mol. The summed E-state index contributed by atoms with van der Waals surface area (Å²) in [6, 6.07) is 3.77. The second kappa shape index (κ2) is 8.97. The van der Waals surface area contributed by atoms with Crippen molar-refractivity contribution in [2.24, 2.45) is 0 Å². The molecular formula is C14H27ClO2Si.